The highest BCUT2D eigenvalue weighted by molar-refractivity contribution is 5.89. The first-order chi connectivity index (χ1) is 12.4. The van der Waals surface area contributed by atoms with Crippen LogP contribution < -0.4 is 10.3 Å². The van der Waals surface area contributed by atoms with Gasteiger partial charge in [-0.2, -0.15) is 18.2 Å². The average molecular weight is 365 g/mol. The standard InChI is InChI=1S/C16H14F3N5O2/c17-16(18,19)7-26-15-22-12-10(14(25)23-15)3-4-20-13(12)11-6-24(8-21-11)5-9-1-2-9/h3-4,6,8-9H,1-2,5,7H2,(H,22,23,25). The molecule has 1 aliphatic carbocycles. The molecule has 0 aliphatic heterocycles. The number of ether oxygens (including phenoxy) is 1. The van der Waals surface area contributed by atoms with Gasteiger partial charge in [-0.3, -0.25) is 14.8 Å². The second-order valence-electron chi connectivity index (χ2n) is 6.23. The summed E-state index contributed by atoms with van der Waals surface area (Å²) >= 11 is 0. The van der Waals surface area contributed by atoms with Gasteiger partial charge < -0.3 is 9.30 Å². The highest BCUT2D eigenvalue weighted by atomic mass is 19.4. The second kappa shape index (κ2) is 6.11. The van der Waals surface area contributed by atoms with E-state index in [1.54, 1.807) is 12.5 Å². The molecule has 1 saturated carbocycles. The van der Waals surface area contributed by atoms with Gasteiger partial charge in [0.15, 0.2) is 6.61 Å². The lowest BCUT2D eigenvalue weighted by Gasteiger charge is -2.09. The van der Waals surface area contributed by atoms with E-state index in [0.717, 1.165) is 6.54 Å². The van der Waals surface area contributed by atoms with E-state index in [0.29, 0.717) is 17.3 Å². The van der Waals surface area contributed by atoms with Gasteiger partial charge in [-0.15, -0.1) is 0 Å². The Labute approximate surface area is 144 Å². The lowest BCUT2D eigenvalue weighted by Crippen LogP contribution is -2.21. The van der Waals surface area contributed by atoms with E-state index in [4.69, 9.17) is 0 Å². The van der Waals surface area contributed by atoms with Crippen molar-refractivity contribution in [2.75, 3.05) is 6.61 Å². The van der Waals surface area contributed by atoms with Crippen molar-refractivity contribution >= 4 is 10.9 Å². The monoisotopic (exact) mass is 365 g/mol. The Bertz CT molecular complexity index is 1010. The molecule has 0 saturated heterocycles. The van der Waals surface area contributed by atoms with E-state index >= 15 is 0 Å². The van der Waals surface area contributed by atoms with E-state index in [1.165, 1.54) is 25.1 Å². The van der Waals surface area contributed by atoms with E-state index < -0.39 is 24.4 Å². The van der Waals surface area contributed by atoms with Crippen molar-refractivity contribution in [1.29, 1.82) is 0 Å². The van der Waals surface area contributed by atoms with Crippen molar-refractivity contribution in [2.24, 2.45) is 5.92 Å². The molecule has 0 amide bonds. The number of halogens is 3. The molecule has 3 heterocycles. The number of hydrogen-bond acceptors (Lipinski definition) is 5. The van der Waals surface area contributed by atoms with Crippen LogP contribution in [0.1, 0.15) is 12.8 Å². The molecule has 0 radical (unpaired) electrons. The maximum Gasteiger partial charge on any atom is 0.422 e. The minimum absolute atomic E-state index is 0.144. The number of imidazole rings is 1. The van der Waals surface area contributed by atoms with Crippen molar-refractivity contribution in [3.05, 3.63) is 35.1 Å². The molecule has 1 N–H and O–H groups in total. The van der Waals surface area contributed by atoms with Crippen molar-refractivity contribution in [1.82, 2.24) is 24.5 Å². The number of fused-ring (bicyclic) bond motifs is 1. The molecule has 0 unspecified atom stereocenters. The van der Waals surface area contributed by atoms with Crippen LogP contribution in [0, 0.1) is 5.92 Å². The lowest BCUT2D eigenvalue weighted by molar-refractivity contribution is -0.154. The van der Waals surface area contributed by atoms with Gasteiger partial charge in [0.2, 0.25) is 0 Å². The Morgan fingerprint density at radius 2 is 2.12 bits per heavy atom. The molecule has 0 aromatic carbocycles. The first-order valence-electron chi connectivity index (χ1n) is 8.00. The number of nitrogens with zero attached hydrogens (tertiary/aromatic N) is 4. The largest absolute Gasteiger partial charge is 0.455 e. The molecule has 1 aliphatic rings. The maximum atomic E-state index is 12.3. The first-order valence-corrected chi connectivity index (χ1v) is 8.00. The molecule has 4 rings (SSSR count). The Morgan fingerprint density at radius 1 is 1.31 bits per heavy atom. The summed E-state index contributed by atoms with van der Waals surface area (Å²) in [7, 11) is 0. The number of pyridine rings is 1. The minimum Gasteiger partial charge on any atom is -0.455 e. The SMILES string of the molecule is O=c1[nH]c(OCC(F)(F)F)nc2c(-c3cn(CC4CC4)cn3)nccc12. The van der Waals surface area contributed by atoms with E-state index in [-0.39, 0.29) is 10.9 Å². The molecular weight excluding hydrogens is 351 g/mol. The zero-order valence-electron chi connectivity index (χ0n) is 13.5. The smallest absolute Gasteiger partial charge is 0.422 e. The number of hydrogen-bond donors (Lipinski definition) is 1. The fourth-order valence-electron chi connectivity index (χ4n) is 2.63. The topological polar surface area (TPSA) is 85.7 Å². The number of aromatic amines is 1. The van der Waals surface area contributed by atoms with Gasteiger partial charge in [-0.05, 0) is 24.8 Å². The fourth-order valence-corrected chi connectivity index (χ4v) is 2.63. The van der Waals surface area contributed by atoms with Crippen LogP contribution in [0.3, 0.4) is 0 Å². The van der Waals surface area contributed by atoms with E-state index in [9.17, 15) is 18.0 Å². The van der Waals surface area contributed by atoms with Crippen LogP contribution in [-0.4, -0.2) is 37.3 Å². The van der Waals surface area contributed by atoms with Gasteiger partial charge in [0.05, 0.1) is 11.7 Å². The first kappa shape index (κ1) is 16.6. The highest BCUT2D eigenvalue weighted by Crippen LogP contribution is 2.31. The van der Waals surface area contributed by atoms with Crippen LogP contribution in [-0.2, 0) is 6.54 Å². The van der Waals surface area contributed by atoms with E-state index in [1.807, 2.05) is 4.57 Å². The van der Waals surface area contributed by atoms with Crippen LogP contribution in [0.15, 0.2) is 29.6 Å². The number of aromatic nitrogens is 5. The third-order valence-corrected chi connectivity index (χ3v) is 4.02. The summed E-state index contributed by atoms with van der Waals surface area (Å²) in [5.41, 5.74) is 0.356. The van der Waals surface area contributed by atoms with Crippen LogP contribution in [0.5, 0.6) is 6.01 Å². The van der Waals surface area contributed by atoms with Gasteiger partial charge in [0, 0.05) is 18.9 Å². The zero-order valence-corrected chi connectivity index (χ0v) is 13.5. The summed E-state index contributed by atoms with van der Waals surface area (Å²) in [6, 6.07) is 0.936. The number of H-pyrrole nitrogens is 1. The Kier molecular flexibility index (Phi) is 3.89. The second-order valence-corrected chi connectivity index (χ2v) is 6.23. The Hall–Kier alpha value is -2.91. The van der Waals surface area contributed by atoms with Gasteiger partial charge in [0.1, 0.15) is 16.9 Å². The van der Waals surface area contributed by atoms with Gasteiger partial charge in [0.25, 0.3) is 11.6 Å². The van der Waals surface area contributed by atoms with Gasteiger partial charge >= 0.3 is 6.18 Å². The third-order valence-electron chi connectivity index (χ3n) is 4.02. The summed E-state index contributed by atoms with van der Waals surface area (Å²) in [5, 5.41) is 0.200. The number of alkyl halides is 3. The molecule has 26 heavy (non-hydrogen) atoms. The van der Waals surface area contributed by atoms with Crippen LogP contribution in [0.25, 0.3) is 22.3 Å². The normalized spacial score (nSPS) is 14.7. The summed E-state index contributed by atoms with van der Waals surface area (Å²) in [5.74, 6) is 0.654. The zero-order chi connectivity index (χ0) is 18.3. The van der Waals surface area contributed by atoms with Gasteiger partial charge in [-0.1, -0.05) is 0 Å². The fraction of sp³-hybridized carbons (Fsp3) is 0.375. The van der Waals surface area contributed by atoms with Crippen LogP contribution >= 0.6 is 0 Å². The molecule has 136 valence electrons. The minimum atomic E-state index is -4.53. The quantitative estimate of drug-likeness (QED) is 0.751. The van der Waals surface area contributed by atoms with Gasteiger partial charge in [-0.25, -0.2) is 4.98 Å². The van der Waals surface area contributed by atoms with Crippen LogP contribution in [0.4, 0.5) is 13.2 Å². The molecule has 0 atom stereocenters. The molecule has 3 aromatic rings. The third kappa shape index (κ3) is 3.53. The molecule has 7 nitrogen and oxygen atoms in total. The predicted molar refractivity (Wildman–Crippen MR) is 85.7 cm³/mol. The summed E-state index contributed by atoms with van der Waals surface area (Å²) in [4.78, 5) is 26.9. The molecule has 1 fully saturated rings. The molecule has 3 aromatic heterocycles. The maximum absolute atomic E-state index is 12.3. The summed E-state index contributed by atoms with van der Waals surface area (Å²) < 4.78 is 43.5. The van der Waals surface area contributed by atoms with Crippen molar-refractivity contribution in [2.45, 2.75) is 25.6 Å². The Balaban J connectivity index is 1.73. The van der Waals surface area contributed by atoms with Crippen LogP contribution in [0.2, 0.25) is 0 Å². The highest BCUT2D eigenvalue weighted by Gasteiger charge is 2.29. The van der Waals surface area contributed by atoms with Crippen molar-refractivity contribution in [3.8, 4) is 17.4 Å². The molecular formula is C16H14F3N5O2. The molecule has 0 spiro atoms. The lowest BCUT2D eigenvalue weighted by atomic mass is 10.2. The number of rotatable bonds is 5. The number of nitrogens with one attached hydrogen (secondary N) is 1. The predicted octanol–water partition coefficient (Wildman–Crippen LogP) is 2.53. The summed E-state index contributed by atoms with van der Waals surface area (Å²) in [6.45, 7) is -0.696. The van der Waals surface area contributed by atoms with Crippen molar-refractivity contribution in [3.63, 3.8) is 0 Å². The molecule has 0 bridgehead atoms. The molecule has 10 heteroatoms. The van der Waals surface area contributed by atoms with Crippen molar-refractivity contribution < 1.29 is 17.9 Å². The van der Waals surface area contributed by atoms with E-state index in [2.05, 4.69) is 24.7 Å². The Morgan fingerprint density at radius 3 is 2.85 bits per heavy atom. The average Bonchev–Trinajstić information content (AvgIpc) is 3.27. The summed E-state index contributed by atoms with van der Waals surface area (Å²) in [6.07, 6.45) is 2.74.